The van der Waals surface area contributed by atoms with Crippen LogP contribution < -0.4 is 5.56 Å². The first kappa shape index (κ1) is 16.8. The number of rotatable bonds is 5. The number of hydrogen-bond acceptors (Lipinski definition) is 4. The average molecular weight is 336 g/mol. The van der Waals surface area contributed by atoms with Gasteiger partial charge in [0.15, 0.2) is 5.69 Å². The maximum Gasteiger partial charge on any atom is 0.258 e. The van der Waals surface area contributed by atoms with Crippen LogP contribution >= 0.6 is 0 Å². The highest BCUT2D eigenvalue weighted by Crippen LogP contribution is 2.24. The van der Waals surface area contributed by atoms with Gasteiger partial charge < -0.3 is 4.57 Å². The molecule has 6 heteroatoms. The van der Waals surface area contributed by atoms with E-state index < -0.39 is 5.82 Å². The number of aromatic nitrogens is 3. The molecule has 0 unspecified atom stereocenters. The van der Waals surface area contributed by atoms with Crippen LogP contribution in [0.25, 0.3) is 22.0 Å². The molecule has 3 rings (SSSR count). The molecule has 25 heavy (non-hydrogen) atoms. The van der Waals surface area contributed by atoms with E-state index in [2.05, 4.69) is 16.9 Å². The maximum atomic E-state index is 14.5. The monoisotopic (exact) mass is 336 g/mol. The summed E-state index contributed by atoms with van der Waals surface area (Å²) in [5.74, 6) is -0.532. The van der Waals surface area contributed by atoms with Gasteiger partial charge in [0.25, 0.3) is 5.56 Å². The van der Waals surface area contributed by atoms with Gasteiger partial charge in [0.1, 0.15) is 11.9 Å². The highest BCUT2D eigenvalue weighted by Gasteiger charge is 2.12. The van der Waals surface area contributed by atoms with Gasteiger partial charge in [0.05, 0.1) is 23.5 Å². The Morgan fingerprint density at radius 1 is 1.24 bits per heavy atom. The van der Waals surface area contributed by atoms with Crippen LogP contribution in [0, 0.1) is 17.1 Å². The number of nitrogens with zero attached hydrogens (tertiary/aromatic N) is 4. The first-order chi connectivity index (χ1) is 12.1. The van der Waals surface area contributed by atoms with E-state index in [0.29, 0.717) is 23.0 Å². The van der Waals surface area contributed by atoms with Crippen molar-refractivity contribution >= 4 is 10.8 Å². The van der Waals surface area contributed by atoms with Crippen LogP contribution in [0.1, 0.15) is 31.9 Å². The van der Waals surface area contributed by atoms with Gasteiger partial charge in [-0.15, -0.1) is 0 Å². The molecule has 0 bridgehead atoms. The predicted octanol–water partition coefficient (Wildman–Crippen LogP) is 3.66. The van der Waals surface area contributed by atoms with E-state index in [1.54, 1.807) is 16.8 Å². The Morgan fingerprint density at radius 3 is 2.76 bits per heavy atom. The van der Waals surface area contributed by atoms with E-state index in [9.17, 15) is 9.18 Å². The van der Waals surface area contributed by atoms with Crippen LogP contribution in [0.5, 0.6) is 0 Å². The molecule has 0 atom stereocenters. The number of benzene rings is 1. The van der Waals surface area contributed by atoms with Crippen LogP contribution in [-0.2, 0) is 6.54 Å². The van der Waals surface area contributed by atoms with Gasteiger partial charge in [-0.3, -0.25) is 9.78 Å². The van der Waals surface area contributed by atoms with Gasteiger partial charge in [-0.05, 0) is 30.0 Å². The van der Waals surface area contributed by atoms with Crippen molar-refractivity contribution in [3.63, 3.8) is 0 Å². The molecule has 126 valence electrons. The summed E-state index contributed by atoms with van der Waals surface area (Å²) in [6.45, 7) is 2.74. The topological polar surface area (TPSA) is 71.6 Å². The lowest BCUT2D eigenvalue weighted by Crippen LogP contribution is -2.19. The second kappa shape index (κ2) is 7.22. The van der Waals surface area contributed by atoms with E-state index in [0.717, 1.165) is 19.3 Å². The van der Waals surface area contributed by atoms with Crippen LogP contribution in [0.2, 0.25) is 0 Å². The van der Waals surface area contributed by atoms with Crippen molar-refractivity contribution in [1.82, 2.24) is 14.5 Å². The minimum Gasteiger partial charge on any atom is -0.315 e. The number of halogens is 1. The first-order valence-electron chi connectivity index (χ1n) is 8.19. The summed E-state index contributed by atoms with van der Waals surface area (Å²) in [4.78, 5) is 20.5. The normalized spacial score (nSPS) is 10.8. The molecule has 2 aromatic heterocycles. The fraction of sp³-hybridized carbons (Fsp3) is 0.263. The average Bonchev–Trinajstić information content (AvgIpc) is 2.64. The lowest BCUT2D eigenvalue weighted by molar-refractivity contribution is 0.590. The predicted molar refractivity (Wildman–Crippen MR) is 93.4 cm³/mol. The molecular weight excluding hydrogens is 319 g/mol. The maximum absolute atomic E-state index is 14.5. The number of hydrogen-bond donors (Lipinski definition) is 0. The number of nitriles is 1. The molecule has 2 heterocycles. The molecule has 5 nitrogen and oxygen atoms in total. The zero-order chi connectivity index (χ0) is 17.8. The van der Waals surface area contributed by atoms with E-state index >= 15 is 0 Å². The summed E-state index contributed by atoms with van der Waals surface area (Å²) in [5, 5.41) is 9.77. The van der Waals surface area contributed by atoms with Crippen LogP contribution in [-0.4, -0.2) is 14.5 Å². The molecule has 0 aliphatic rings. The van der Waals surface area contributed by atoms with Crippen LogP contribution in [0.3, 0.4) is 0 Å². The minimum atomic E-state index is -0.532. The Hall–Kier alpha value is -3.07. The van der Waals surface area contributed by atoms with Crippen molar-refractivity contribution in [2.45, 2.75) is 32.7 Å². The minimum absolute atomic E-state index is 0.167. The summed E-state index contributed by atoms with van der Waals surface area (Å²) in [6, 6.07) is 6.53. The molecule has 1 aromatic carbocycles. The second-order valence-electron chi connectivity index (χ2n) is 5.84. The summed E-state index contributed by atoms with van der Waals surface area (Å²) in [6.07, 6.45) is 7.44. The zero-order valence-corrected chi connectivity index (χ0v) is 13.9. The number of fused-ring (bicyclic) bond motifs is 1. The van der Waals surface area contributed by atoms with Crippen LogP contribution in [0.4, 0.5) is 4.39 Å². The largest absolute Gasteiger partial charge is 0.315 e. The molecular formula is C19H17FN4O. The molecule has 0 saturated heterocycles. The number of unbranched alkanes of at least 4 members (excludes halogenated alkanes) is 2. The molecule has 0 N–H and O–H groups in total. The van der Waals surface area contributed by atoms with E-state index in [1.165, 1.54) is 18.5 Å². The zero-order valence-electron chi connectivity index (χ0n) is 13.9. The van der Waals surface area contributed by atoms with E-state index in [4.69, 9.17) is 5.26 Å². The Balaban J connectivity index is 2.03. The third-order valence-electron chi connectivity index (χ3n) is 4.11. The summed E-state index contributed by atoms with van der Waals surface area (Å²) in [5.41, 5.74) is 0.558. The van der Waals surface area contributed by atoms with Crippen molar-refractivity contribution in [1.29, 1.82) is 5.26 Å². The highest BCUT2D eigenvalue weighted by molar-refractivity contribution is 5.86. The van der Waals surface area contributed by atoms with E-state index in [-0.39, 0.29) is 16.8 Å². The molecule has 0 aliphatic heterocycles. The third kappa shape index (κ3) is 3.41. The Labute approximate surface area is 144 Å². The standard InChI is InChI=1S/C19H17FN4O/c1-2-3-4-6-24-7-5-13-8-16(17(20)9-15(13)19(24)25)18-12-22-14(10-21)11-23-18/h5,7-9,11-12H,2-4,6H2,1H3. The van der Waals surface area contributed by atoms with Crippen molar-refractivity contribution in [3.8, 4) is 17.3 Å². The Bertz CT molecular complexity index is 1000. The molecule has 3 aromatic rings. The first-order valence-corrected chi connectivity index (χ1v) is 8.19. The van der Waals surface area contributed by atoms with Gasteiger partial charge in [-0.2, -0.15) is 5.26 Å². The lowest BCUT2D eigenvalue weighted by Gasteiger charge is -2.09. The van der Waals surface area contributed by atoms with Crippen LogP contribution in [0.15, 0.2) is 41.6 Å². The summed E-state index contributed by atoms with van der Waals surface area (Å²) >= 11 is 0. The molecule has 0 saturated carbocycles. The number of aryl methyl sites for hydroxylation is 1. The molecule has 0 radical (unpaired) electrons. The Morgan fingerprint density at radius 2 is 2.08 bits per heavy atom. The molecule has 0 fully saturated rings. The molecule has 0 spiro atoms. The number of pyridine rings is 1. The van der Waals surface area contributed by atoms with Crippen molar-refractivity contribution in [2.24, 2.45) is 0 Å². The van der Waals surface area contributed by atoms with Gasteiger partial charge in [-0.1, -0.05) is 19.8 Å². The third-order valence-corrected chi connectivity index (χ3v) is 4.11. The SMILES string of the molecule is CCCCCn1ccc2cc(-c3cnc(C#N)cn3)c(F)cc2c1=O. The smallest absolute Gasteiger partial charge is 0.258 e. The fourth-order valence-corrected chi connectivity index (χ4v) is 2.74. The van der Waals surface area contributed by atoms with Gasteiger partial charge in [-0.25, -0.2) is 9.37 Å². The highest BCUT2D eigenvalue weighted by atomic mass is 19.1. The summed E-state index contributed by atoms with van der Waals surface area (Å²) in [7, 11) is 0. The van der Waals surface area contributed by atoms with Crippen molar-refractivity contribution < 1.29 is 4.39 Å². The lowest BCUT2D eigenvalue weighted by atomic mass is 10.1. The Kier molecular flexibility index (Phi) is 4.85. The second-order valence-corrected chi connectivity index (χ2v) is 5.84. The van der Waals surface area contributed by atoms with Gasteiger partial charge in [0, 0.05) is 18.3 Å². The van der Waals surface area contributed by atoms with Gasteiger partial charge >= 0.3 is 0 Å². The van der Waals surface area contributed by atoms with Gasteiger partial charge in [0.2, 0.25) is 0 Å². The molecule has 0 amide bonds. The summed E-state index contributed by atoms with van der Waals surface area (Å²) < 4.78 is 16.1. The molecule has 0 aliphatic carbocycles. The van der Waals surface area contributed by atoms with Crippen molar-refractivity contribution in [3.05, 3.63) is 58.7 Å². The fourth-order valence-electron chi connectivity index (χ4n) is 2.74. The quantitative estimate of drug-likeness (QED) is 0.667. The van der Waals surface area contributed by atoms with E-state index in [1.807, 2.05) is 12.1 Å². The van der Waals surface area contributed by atoms with Crippen molar-refractivity contribution in [2.75, 3.05) is 0 Å².